The molecule has 27 heavy (non-hydrogen) atoms. The lowest BCUT2D eigenvalue weighted by molar-refractivity contribution is 0.107. The van der Waals surface area contributed by atoms with Gasteiger partial charge in [0.2, 0.25) is 0 Å². The van der Waals surface area contributed by atoms with E-state index in [4.69, 9.17) is 21.1 Å². The minimum Gasteiger partial charge on any atom is -0.492 e. The van der Waals surface area contributed by atoms with E-state index in [1.807, 2.05) is 25.1 Å². The molecule has 3 rings (SSSR count). The third-order valence-corrected chi connectivity index (χ3v) is 4.53. The highest BCUT2D eigenvalue weighted by molar-refractivity contribution is 6.32. The predicted octanol–water partition coefficient (Wildman–Crippen LogP) is 3.59. The fourth-order valence-electron chi connectivity index (χ4n) is 2.87. The third kappa shape index (κ3) is 5.30. The lowest BCUT2D eigenvalue weighted by Crippen LogP contribution is -2.49. The molecule has 0 atom stereocenters. The van der Waals surface area contributed by atoms with E-state index in [1.54, 1.807) is 4.90 Å². The molecule has 1 amide bonds. The first-order valence-corrected chi connectivity index (χ1v) is 9.14. The van der Waals surface area contributed by atoms with Crippen LogP contribution in [0.25, 0.3) is 0 Å². The van der Waals surface area contributed by atoms with Crippen LogP contribution in [0.5, 0.6) is 11.5 Å². The number of piperazine rings is 1. The molecule has 144 valence electrons. The smallest absolute Gasteiger partial charge is 0.415 e. The van der Waals surface area contributed by atoms with Gasteiger partial charge in [-0.3, -0.25) is 9.88 Å². The van der Waals surface area contributed by atoms with E-state index < -0.39 is 11.9 Å². The highest BCUT2D eigenvalue weighted by Crippen LogP contribution is 2.26. The van der Waals surface area contributed by atoms with E-state index in [0.717, 1.165) is 24.4 Å². The van der Waals surface area contributed by atoms with Crippen molar-refractivity contribution in [3.8, 4) is 11.5 Å². The molecule has 1 aliphatic heterocycles. The van der Waals surface area contributed by atoms with Gasteiger partial charge in [0.05, 0.1) is 24.0 Å². The first kappa shape index (κ1) is 19.4. The number of hydrogen-bond donors (Lipinski definition) is 0. The Bertz CT molecular complexity index is 798. The second-order valence-electron chi connectivity index (χ2n) is 6.17. The Labute approximate surface area is 162 Å². The Morgan fingerprint density at radius 3 is 2.70 bits per heavy atom. The van der Waals surface area contributed by atoms with Crippen molar-refractivity contribution in [3.63, 3.8) is 0 Å². The van der Waals surface area contributed by atoms with Crippen molar-refractivity contribution in [2.24, 2.45) is 0 Å². The molecule has 0 N–H and O–H groups in total. The molecule has 6 nitrogen and oxygen atoms in total. The summed E-state index contributed by atoms with van der Waals surface area (Å²) in [5.41, 5.74) is 1.10. The molecule has 0 aliphatic carbocycles. The molecule has 2 aromatic rings. The molecule has 0 radical (unpaired) electrons. The van der Waals surface area contributed by atoms with Gasteiger partial charge in [0.15, 0.2) is 5.75 Å². The van der Waals surface area contributed by atoms with Crippen molar-refractivity contribution in [2.75, 3.05) is 32.8 Å². The monoisotopic (exact) mass is 393 g/mol. The van der Waals surface area contributed by atoms with Gasteiger partial charge in [0, 0.05) is 38.8 Å². The molecule has 0 bridgehead atoms. The minimum absolute atomic E-state index is 0.104. The SMILES string of the molecule is CCOc1cc(CN2CCN(C(=O)Oc3cncc(F)c3)CC2)ccc1Cl. The molecule has 1 fully saturated rings. The van der Waals surface area contributed by atoms with Crippen molar-refractivity contribution in [3.05, 3.63) is 53.1 Å². The zero-order valence-electron chi connectivity index (χ0n) is 15.0. The van der Waals surface area contributed by atoms with Crippen molar-refractivity contribution < 1.29 is 18.7 Å². The van der Waals surface area contributed by atoms with Crippen LogP contribution < -0.4 is 9.47 Å². The van der Waals surface area contributed by atoms with Crippen LogP contribution in [-0.4, -0.2) is 53.7 Å². The van der Waals surface area contributed by atoms with E-state index in [1.165, 1.54) is 6.20 Å². The van der Waals surface area contributed by atoms with Crippen molar-refractivity contribution in [1.29, 1.82) is 0 Å². The van der Waals surface area contributed by atoms with Crippen LogP contribution in [0.2, 0.25) is 5.02 Å². The fourth-order valence-corrected chi connectivity index (χ4v) is 3.04. The number of amides is 1. The second kappa shape index (κ2) is 9.01. The number of aromatic nitrogens is 1. The number of halogens is 2. The molecule has 1 aliphatic rings. The minimum atomic E-state index is -0.542. The normalized spacial score (nSPS) is 14.9. The van der Waals surface area contributed by atoms with E-state index in [2.05, 4.69) is 9.88 Å². The van der Waals surface area contributed by atoms with Gasteiger partial charge in [-0.2, -0.15) is 0 Å². The number of carbonyl (C=O) groups is 1. The van der Waals surface area contributed by atoms with Crippen LogP contribution in [0.3, 0.4) is 0 Å². The summed E-state index contributed by atoms with van der Waals surface area (Å²) in [5, 5.41) is 0.597. The first-order chi connectivity index (χ1) is 13.0. The number of carbonyl (C=O) groups excluding carboxylic acids is 1. The van der Waals surface area contributed by atoms with Crippen molar-refractivity contribution >= 4 is 17.7 Å². The summed E-state index contributed by atoms with van der Waals surface area (Å²) in [6.45, 7) is 5.72. The van der Waals surface area contributed by atoms with Gasteiger partial charge in [0.1, 0.15) is 11.6 Å². The average molecular weight is 394 g/mol. The molecule has 8 heteroatoms. The van der Waals surface area contributed by atoms with Gasteiger partial charge in [-0.15, -0.1) is 0 Å². The van der Waals surface area contributed by atoms with E-state index >= 15 is 0 Å². The Hall–Kier alpha value is -2.38. The van der Waals surface area contributed by atoms with Crippen LogP contribution in [0.1, 0.15) is 12.5 Å². The number of ether oxygens (including phenoxy) is 2. The molecule has 2 heterocycles. The summed E-state index contributed by atoms with van der Waals surface area (Å²) in [6, 6.07) is 6.89. The summed E-state index contributed by atoms with van der Waals surface area (Å²) in [7, 11) is 0. The summed E-state index contributed by atoms with van der Waals surface area (Å²) in [4.78, 5) is 19.7. The first-order valence-electron chi connectivity index (χ1n) is 8.76. The summed E-state index contributed by atoms with van der Waals surface area (Å²) >= 11 is 6.12. The molecular weight excluding hydrogens is 373 g/mol. The number of benzene rings is 1. The quantitative estimate of drug-likeness (QED) is 0.777. The molecule has 0 spiro atoms. The highest BCUT2D eigenvalue weighted by Gasteiger charge is 2.23. The standard InChI is InChI=1S/C19H21ClFN3O3/c1-2-26-18-9-14(3-4-17(18)20)13-23-5-7-24(8-6-23)19(25)27-16-10-15(21)11-22-12-16/h3-4,9-12H,2,5-8,13H2,1H3. The topological polar surface area (TPSA) is 54.9 Å². The molecule has 1 aromatic heterocycles. The van der Waals surface area contributed by atoms with Gasteiger partial charge >= 0.3 is 6.09 Å². The number of pyridine rings is 1. The van der Waals surface area contributed by atoms with Crippen LogP contribution in [0.15, 0.2) is 36.7 Å². The van der Waals surface area contributed by atoms with Gasteiger partial charge in [0.25, 0.3) is 0 Å². The van der Waals surface area contributed by atoms with Crippen LogP contribution in [0, 0.1) is 5.82 Å². The molecule has 0 saturated carbocycles. The van der Waals surface area contributed by atoms with Gasteiger partial charge < -0.3 is 14.4 Å². The predicted molar refractivity (Wildman–Crippen MR) is 99.7 cm³/mol. The van der Waals surface area contributed by atoms with Gasteiger partial charge in [-0.1, -0.05) is 17.7 Å². The average Bonchev–Trinajstić information content (AvgIpc) is 2.65. The lowest BCUT2D eigenvalue weighted by atomic mass is 10.2. The zero-order valence-corrected chi connectivity index (χ0v) is 15.8. The number of hydrogen-bond acceptors (Lipinski definition) is 5. The maximum Gasteiger partial charge on any atom is 0.415 e. The van der Waals surface area contributed by atoms with Gasteiger partial charge in [-0.05, 0) is 24.6 Å². The molecule has 0 unspecified atom stereocenters. The Morgan fingerprint density at radius 2 is 2.00 bits per heavy atom. The highest BCUT2D eigenvalue weighted by atomic mass is 35.5. The summed E-state index contributed by atoms with van der Waals surface area (Å²) < 4.78 is 23.8. The Morgan fingerprint density at radius 1 is 1.22 bits per heavy atom. The van der Waals surface area contributed by atoms with Gasteiger partial charge in [-0.25, -0.2) is 9.18 Å². The third-order valence-electron chi connectivity index (χ3n) is 4.22. The maximum atomic E-state index is 13.1. The Kier molecular flexibility index (Phi) is 6.47. The molecule has 1 saturated heterocycles. The van der Waals surface area contributed by atoms with Crippen LogP contribution in [-0.2, 0) is 6.54 Å². The number of rotatable bonds is 5. The summed E-state index contributed by atoms with van der Waals surface area (Å²) in [6.07, 6.45) is 1.88. The van der Waals surface area contributed by atoms with Crippen LogP contribution in [0.4, 0.5) is 9.18 Å². The molecular formula is C19H21ClFN3O3. The van der Waals surface area contributed by atoms with E-state index in [9.17, 15) is 9.18 Å². The van der Waals surface area contributed by atoms with E-state index in [0.29, 0.717) is 43.6 Å². The van der Waals surface area contributed by atoms with Crippen molar-refractivity contribution in [1.82, 2.24) is 14.8 Å². The largest absolute Gasteiger partial charge is 0.492 e. The zero-order chi connectivity index (χ0) is 19.2. The Balaban J connectivity index is 1.51. The second-order valence-corrected chi connectivity index (χ2v) is 6.58. The number of nitrogens with zero attached hydrogens (tertiary/aromatic N) is 3. The van der Waals surface area contributed by atoms with E-state index in [-0.39, 0.29) is 5.75 Å². The maximum absolute atomic E-state index is 13.1. The van der Waals surface area contributed by atoms with Crippen LogP contribution >= 0.6 is 11.6 Å². The van der Waals surface area contributed by atoms with Crippen molar-refractivity contribution in [2.45, 2.75) is 13.5 Å². The summed E-state index contributed by atoms with van der Waals surface area (Å²) in [5.74, 6) is 0.245. The fraction of sp³-hybridized carbons (Fsp3) is 0.368. The molecule has 1 aromatic carbocycles. The lowest BCUT2D eigenvalue weighted by Gasteiger charge is -2.34.